The Morgan fingerprint density at radius 1 is 1.37 bits per heavy atom. The van der Waals surface area contributed by atoms with Crippen molar-refractivity contribution in [2.75, 3.05) is 11.9 Å². The number of thiazole rings is 1. The number of aromatic nitrogens is 1. The number of rotatable bonds is 5. The smallest absolute Gasteiger partial charge is 0.186 e. The van der Waals surface area contributed by atoms with E-state index < -0.39 is 0 Å². The van der Waals surface area contributed by atoms with E-state index in [1.54, 1.807) is 11.3 Å². The Morgan fingerprint density at radius 3 is 2.58 bits per heavy atom. The highest BCUT2D eigenvalue weighted by Crippen LogP contribution is 2.34. The number of thiophene rings is 1. The van der Waals surface area contributed by atoms with Gasteiger partial charge in [-0.15, -0.1) is 11.3 Å². The molecular weight excluding hydrogens is 276 g/mol. The highest BCUT2D eigenvalue weighted by Gasteiger charge is 2.20. The minimum Gasteiger partial charge on any atom is -0.344 e. The molecule has 0 saturated carbocycles. The van der Waals surface area contributed by atoms with Crippen LogP contribution in [0.15, 0.2) is 17.5 Å². The summed E-state index contributed by atoms with van der Waals surface area (Å²) in [5, 5.41) is 2.99. The number of aldehydes is 1. The van der Waals surface area contributed by atoms with Crippen molar-refractivity contribution < 1.29 is 4.79 Å². The first-order valence-electron chi connectivity index (χ1n) is 6.26. The van der Waals surface area contributed by atoms with E-state index in [4.69, 9.17) is 0 Å². The molecule has 2 rings (SSSR count). The van der Waals surface area contributed by atoms with Gasteiger partial charge < -0.3 is 4.90 Å². The molecular formula is C14H18N2OS2. The second-order valence-electron chi connectivity index (χ2n) is 4.82. The van der Waals surface area contributed by atoms with Crippen LogP contribution in [0.1, 0.15) is 53.0 Å². The summed E-state index contributed by atoms with van der Waals surface area (Å²) in [5.41, 5.74) is 0.903. The molecule has 2 aromatic heterocycles. The molecule has 0 aliphatic carbocycles. The van der Waals surface area contributed by atoms with Crippen LogP contribution in [0.2, 0.25) is 0 Å². The zero-order chi connectivity index (χ0) is 14.0. The Bertz CT molecular complexity index is 546. The van der Waals surface area contributed by atoms with Gasteiger partial charge in [0.05, 0.1) is 16.6 Å². The van der Waals surface area contributed by atoms with Crippen molar-refractivity contribution in [2.45, 2.75) is 32.7 Å². The Morgan fingerprint density at radius 2 is 2.11 bits per heavy atom. The molecule has 1 atom stereocenters. The Kier molecular flexibility index (Phi) is 4.37. The maximum absolute atomic E-state index is 11.1. The van der Waals surface area contributed by atoms with Crippen LogP contribution < -0.4 is 4.90 Å². The van der Waals surface area contributed by atoms with Gasteiger partial charge in [0.2, 0.25) is 0 Å². The fraction of sp³-hybridized carbons (Fsp3) is 0.429. The van der Waals surface area contributed by atoms with E-state index in [2.05, 4.69) is 48.2 Å². The molecule has 102 valence electrons. The van der Waals surface area contributed by atoms with Gasteiger partial charge in [0, 0.05) is 11.9 Å². The second-order valence-corrected chi connectivity index (χ2v) is 6.81. The zero-order valence-electron chi connectivity index (χ0n) is 11.6. The van der Waals surface area contributed by atoms with Gasteiger partial charge in [0.25, 0.3) is 0 Å². The Labute approximate surface area is 121 Å². The van der Waals surface area contributed by atoms with Gasteiger partial charge in [-0.2, -0.15) is 0 Å². The van der Waals surface area contributed by atoms with E-state index in [0.717, 1.165) is 22.0 Å². The Hall–Kier alpha value is -1.20. The van der Waals surface area contributed by atoms with Gasteiger partial charge in [-0.3, -0.25) is 4.79 Å². The molecule has 0 N–H and O–H groups in total. The van der Waals surface area contributed by atoms with Crippen molar-refractivity contribution in [1.82, 2.24) is 4.98 Å². The molecule has 5 heteroatoms. The van der Waals surface area contributed by atoms with Crippen LogP contribution in [-0.2, 0) is 0 Å². The molecule has 0 saturated heterocycles. The van der Waals surface area contributed by atoms with E-state index in [0.29, 0.717) is 0 Å². The number of hydrogen-bond donors (Lipinski definition) is 0. The van der Waals surface area contributed by atoms with E-state index in [9.17, 15) is 4.79 Å². The molecule has 0 aliphatic rings. The second kappa shape index (κ2) is 5.84. The lowest BCUT2D eigenvalue weighted by molar-refractivity contribution is 0.112. The molecule has 2 aromatic rings. The third-order valence-electron chi connectivity index (χ3n) is 3.16. The number of carbonyl (C=O) groups excluding carboxylic acids is 1. The van der Waals surface area contributed by atoms with E-state index in [1.165, 1.54) is 16.2 Å². The van der Waals surface area contributed by atoms with Crippen molar-refractivity contribution in [2.24, 2.45) is 0 Å². The van der Waals surface area contributed by atoms with Crippen LogP contribution in [0.3, 0.4) is 0 Å². The lowest BCUT2D eigenvalue weighted by Gasteiger charge is -2.23. The van der Waals surface area contributed by atoms with Crippen LogP contribution >= 0.6 is 22.7 Å². The number of carbonyl (C=O) groups is 1. The topological polar surface area (TPSA) is 33.2 Å². The summed E-state index contributed by atoms with van der Waals surface area (Å²) in [6, 6.07) is 4.46. The van der Waals surface area contributed by atoms with Crippen molar-refractivity contribution in [3.05, 3.63) is 33.0 Å². The maximum atomic E-state index is 11.1. The Balaban J connectivity index is 2.29. The van der Waals surface area contributed by atoms with Crippen molar-refractivity contribution >= 4 is 34.1 Å². The van der Waals surface area contributed by atoms with Crippen LogP contribution in [0.25, 0.3) is 0 Å². The molecule has 0 aliphatic heterocycles. The lowest BCUT2D eigenvalue weighted by Crippen LogP contribution is -2.20. The monoisotopic (exact) mass is 294 g/mol. The molecule has 0 aromatic carbocycles. The predicted molar refractivity (Wildman–Crippen MR) is 82.7 cm³/mol. The molecule has 0 radical (unpaired) electrons. The van der Waals surface area contributed by atoms with Gasteiger partial charge in [-0.05, 0) is 24.3 Å². The van der Waals surface area contributed by atoms with E-state index in [1.807, 2.05) is 7.05 Å². The van der Waals surface area contributed by atoms with Crippen molar-refractivity contribution in [1.29, 1.82) is 0 Å². The molecule has 3 nitrogen and oxygen atoms in total. The molecule has 1 unspecified atom stereocenters. The first kappa shape index (κ1) is 14.2. The first-order valence-corrected chi connectivity index (χ1v) is 7.96. The quantitative estimate of drug-likeness (QED) is 0.769. The summed E-state index contributed by atoms with van der Waals surface area (Å²) in [7, 11) is 2.03. The summed E-state index contributed by atoms with van der Waals surface area (Å²) >= 11 is 3.22. The molecule has 0 amide bonds. The summed E-state index contributed by atoms with van der Waals surface area (Å²) in [6.45, 7) is 6.28. The predicted octanol–water partition coefficient (Wildman–Crippen LogP) is 4.34. The lowest BCUT2D eigenvalue weighted by atomic mass is 10.1. The van der Waals surface area contributed by atoms with Crippen molar-refractivity contribution in [3.8, 4) is 0 Å². The summed E-state index contributed by atoms with van der Waals surface area (Å²) in [4.78, 5) is 19.9. The molecule has 0 fully saturated rings. The number of nitrogens with zero attached hydrogens (tertiary/aromatic N) is 2. The largest absolute Gasteiger partial charge is 0.344 e. The fourth-order valence-electron chi connectivity index (χ4n) is 1.87. The third-order valence-corrected chi connectivity index (χ3v) is 5.29. The van der Waals surface area contributed by atoms with E-state index in [-0.39, 0.29) is 12.0 Å². The summed E-state index contributed by atoms with van der Waals surface area (Å²) < 4.78 is 0. The van der Waals surface area contributed by atoms with Crippen LogP contribution in [0.4, 0.5) is 5.13 Å². The highest BCUT2D eigenvalue weighted by molar-refractivity contribution is 7.17. The standard InChI is InChI=1S/C14H18N2OS2/c1-9(2)13-12(8-17)19-14(15-13)16(4)10(3)11-6-5-7-18-11/h5-10H,1-4H3. The van der Waals surface area contributed by atoms with Gasteiger partial charge in [0.15, 0.2) is 11.4 Å². The average molecular weight is 294 g/mol. The normalized spacial score (nSPS) is 12.7. The molecule has 0 spiro atoms. The molecule has 2 heterocycles. The molecule has 0 bridgehead atoms. The van der Waals surface area contributed by atoms with Gasteiger partial charge in [0.1, 0.15) is 0 Å². The minimum absolute atomic E-state index is 0.269. The SMILES string of the molecule is CC(C)c1nc(N(C)C(C)c2cccs2)sc1C=O. The fourth-order valence-corrected chi connectivity index (χ4v) is 3.77. The third kappa shape index (κ3) is 2.87. The first-order chi connectivity index (χ1) is 9.04. The minimum atomic E-state index is 0.269. The summed E-state index contributed by atoms with van der Waals surface area (Å²) in [6.07, 6.45) is 0.917. The zero-order valence-corrected chi connectivity index (χ0v) is 13.2. The summed E-state index contributed by atoms with van der Waals surface area (Å²) in [5.74, 6) is 0.274. The van der Waals surface area contributed by atoms with Gasteiger partial charge >= 0.3 is 0 Å². The van der Waals surface area contributed by atoms with Gasteiger partial charge in [-0.25, -0.2) is 4.98 Å². The number of anilines is 1. The van der Waals surface area contributed by atoms with E-state index >= 15 is 0 Å². The van der Waals surface area contributed by atoms with Crippen LogP contribution in [0, 0.1) is 0 Å². The maximum Gasteiger partial charge on any atom is 0.186 e. The average Bonchev–Trinajstić information content (AvgIpc) is 3.05. The van der Waals surface area contributed by atoms with Crippen LogP contribution in [-0.4, -0.2) is 18.3 Å². The highest BCUT2D eigenvalue weighted by atomic mass is 32.1. The number of hydrogen-bond acceptors (Lipinski definition) is 5. The van der Waals surface area contributed by atoms with Crippen molar-refractivity contribution in [3.63, 3.8) is 0 Å². The van der Waals surface area contributed by atoms with Crippen LogP contribution in [0.5, 0.6) is 0 Å². The van der Waals surface area contributed by atoms with Gasteiger partial charge in [-0.1, -0.05) is 31.3 Å². The molecule has 19 heavy (non-hydrogen) atoms.